The zero-order valence-electron chi connectivity index (χ0n) is 7.87. The largest absolute Gasteiger partial charge is 0.369 e. The normalized spacial score (nSPS) is 9.69. The number of nitrogens with two attached hydrogens (primary N) is 1. The molecule has 0 aliphatic carbocycles. The van der Waals surface area contributed by atoms with Crippen LogP contribution in [0.1, 0.15) is 0 Å². The van der Waals surface area contributed by atoms with E-state index in [1.807, 2.05) is 6.07 Å². The Labute approximate surface area is 115 Å². The number of benzene rings is 1. The lowest BCUT2D eigenvalue weighted by Gasteiger charge is -2.15. The molecule has 86 valence electrons. The third kappa shape index (κ3) is 3.13. The minimum atomic E-state index is -0.608. The minimum absolute atomic E-state index is 0.455. The molecule has 1 rings (SSSR count). The van der Waals surface area contributed by atoms with Crippen molar-refractivity contribution in [2.24, 2.45) is 5.73 Å². The second-order valence-corrected chi connectivity index (χ2v) is 4.83. The molecule has 0 atom stereocenters. The summed E-state index contributed by atoms with van der Waals surface area (Å²) in [5.74, 6) is -0.455. The summed E-state index contributed by atoms with van der Waals surface area (Å²) < 4.78 is 2.12. The van der Waals surface area contributed by atoms with Gasteiger partial charge in [-0.1, -0.05) is 18.9 Å². The quantitative estimate of drug-likeness (QED) is 0.349. The maximum Gasteiger partial charge on any atom is 0.338 e. The Bertz CT molecular complexity index is 420. The van der Waals surface area contributed by atoms with E-state index >= 15 is 0 Å². The number of hydrogen-bond donors (Lipinski definition) is 4. The van der Waals surface area contributed by atoms with Gasteiger partial charge in [0.25, 0.3) is 0 Å². The summed E-state index contributed by atoms with van der Waals surface area (Å²) in [5, 5.41) is 9.60. The Morgan fingerprint density at radius 2 is 1.94 bits per heavy atom. The van der Waals surface area contributed by atoms with Crippen LogP contribution in [-0.2, 0) is 0 Å². The molecule has 2 amide bonds. The Morgan fingerprint density at radius 3 is 2.38 bits per heavy atom. The SMILES string of the molecule is N=C(N)N(S)C(=O)Nc1c(Br)cccc1Br. The van der Waals surface area contributed by atoms with Crippen LogP contribution in [0.4, 0.5) is 10.5 Å². The molecule has 1 aromatic rings. The third-order valence-corrected chi connectivity index (χ3v) is 3.33. The van der Waals surface area contributed by atoms with E-state index in [2.05, 4.69) is 50.0 Å². The van der Waals surface area contributed by atoms with Crippen molar-refractivity contribution in [2.75, 3.05) is 5.32 Å². The number of thiol groups is 1. The molecule has 0 spiro atoms. The van der Waals surface area contributed by atoms with Gasteiger partial charge in [0, 0.05) is 8.95 Å². The smallest absolute Gasteiger partial charge is 0.338 e. The van der Waals surface area contributed by atoms with Crippen molar-refractivity contribution in [3.63, 3.8) is 0 Å². The van der Waals surface area contributed by atoms with Crippen LogP contribution in [0, 0.1) is 5.41 Å². The number of hydrogen-bond acceptors (Lipinski definition) is 3. The fourth-order valence-corrected chi connectivity index (χ4v) is 2.13. The van der Waals surface area contributed by atoms with Crippen LogP contribution in [0.2, 0.25) is 0 Å². The molecule has 0 saturated carbocycles. The van der Waals surface area contributed by atoms with E-state index in [1.165, 1.54) is 0 Å². The first-order chi connectivity index (χ1) is 7.43. The van der Waals surface area contributed by atoms with Crippen molar-refractivity contribution in [1.82, 2.24) is 4.31 Å². The highest BCUT2D eigenvalue weighted by Crippen LogP contribution is 2.30. The highest BCUT2D eigenvalue weighted by Gasteiger charge is 2.15. The van der Waals surface area contributed by atoms with E-state index in [4.69, 9.17) is 11.1 Å². The minimum Gasteiger partial charge on any atom is -0.369 e. The molecule has 5 nitrogen and oxygen atoms in total. The van der Waals surface area contributed by atoms with Crippen molar-refractivity contribution >= 4 is 62.4 Å². The van der Waals surface area contributed by atoms with Crippen LogP contribution >= 0.6 is 44.7 Å². The van der Waals surface area contributed by atoms with Gasteiger partial charge in [-0.3, -0.25) is 5.41 Å². The number of carbonyl (C=O) groups is 1. The number of halogens is 2. The van der Waals surface area contributed by atoms with Crippen molar-refractivity contribution in [3.8, 4) is 0 Å². The maximum absolute atomic E-state index is 11.5. The standard InChI is InChI=1S/C8H8Br2N4OS/c9-4-2-1-3-5(10)6(4)13-8(15)14(16)7(11)12/h1-3,16H,(H3,11,12)(H,13,15). The second kappa shape index (κ2) is 5.55. The Balaban J connectivity index is 2.89. The number of carbonyl (C=O) groups excluding carboxylic acids is 1. The zero-order chi connectivity index (χ0) is 12.3. The Kier molecular flexibility index (Phi) is 4.63. The monoisotopic (exact) mass is 366 g/mol. The van der Waals surface area contributed by atoms with Gasteiger partial charge in [-0.05, 0) is 44.0 Å². The molecule has 0 aromatic heterocycles. The van der Waals surface area contributed by atoms with Crippen molar-refractivity contribution in [2.45, 2.75) is 0 Å². The molecule has 0 bridgehead atoms. The molecule has 0 heterocycles. The first-order valence-electron chi connectivity index (χ1n) is 4.01. The number of para-hydroxylation sites is 1. The summed E-state index contributed by atoms with van der Waals surface area (Å²) in [6, 6.07) is 4.75. The van der Waals surface area contributed by atoms with Crippen LogP contribution in [0.5, 0.6) is 0 Å². The molecule has 0 unspecified atom stereocenters. The number of anilines is 1. The number of nitrogens with one attached hydrogen (secondary N) is 2. The topological polar surface area (TPSA) is 82.2 Å². The van der Waals surface area contributed by atoms with Gasteiger partial charge in [-0.2, -0.15) is 0 Å². The van der Waals surface area contributed by atoms with Gasteiger partial charge < -0.3 is 11.1 Å². The van der Waals surface area contributed by atoms with Crippen molar-refractivity contribution < 1.29 is 4.79 Å². The molecule has 0 aliphatic heterocycles. The van der Waals surface area contributed by atoms with Gasteiger partial charge in [-0.25, -0.2) is 9.10 Å². The van der Waals surface area contributed by atoms with E-state index in [0.717, 1.165) is 0 Å². The summed E-state index contributed by atoms with van der Waals surface area (Å²) in [4.78, 5) is 11.5. The predicted octanol–water partition coefficient (Wildman–Crippen LogP) is 2.78. The molecule has 0 aliphatic rings. The first kappa shape index (κ1) is 13.3. The number of urea groups is 1. The molecule has 16 heavy (non-hydrogen) atoms. The molecular formula is C8H8Br2N4OS. The van der Waals surface area contributed by atoms with Crippen LogP contribution < -0.4 is 11.1 Å². The van der Waals surface area contributed by atoms with Gasteiger partial charge in [0.05, 0.1) is 5.69 Å². The summed E-state index contributed by atoms with van der Waals surface area (Å²) in [6.07, 6.45) is 0. The van der Waals surface area contributed by atoms with E-state index in [1.54, 1.807) is 12.1 Å². The van der Waals surface area contributed by atoms with Crippen LogP contribution in [-0.4, -0.2) is 16.3 Å². The average molecular weight is 368 g/mol. The van der Waals surface area contributed by atoms with E-state index in [0.29, 0.717) is 18.9 Å². The fourth-order valence-electron chi connectivity index (χ4n) is 0.887. The molecule has 0 saturated heterocycles. The first-order valence-corrected chi connectivity index (χ1v) is 6.00. The molecule has 4 N–H and O–H groups in total. The highest BCUT2D eigenvalue weighted by atomic mass is 79.9. The van der Waals surface area contributed by atoms with Crippen molar-refractivity contribution in [3.05, 3.63) is 27.1 Å². The van der Waals surface area contributed by atoms with Crippen LogP contribution in [0.25, 0.3) is 0 Å². The molecule has 0 radical (unpaired) electrons. The van der Waals surface area contributed by atoms with Gasteiger partial charge in [0.15, 0.2) is 0 Å². The Hall–Kier alpha value is -0.730. The summed E-state index contributed by atoms with van der Waals surface area (Å²) in [5.41, 5.74) is 5.66. The second-order valence-electron chi connectivity index (χ2n) is 2.72. The van der Waals surface area contributed by atoms with Gasteiger partial charge in [-0.15, -0.1) is 0 Å². The van der Waals surface area contributed by atoms with Crippen LogP contribution in [0.3, 0.4) is 0 Å². The Morgan fingerprint density at radius 1 is 1.44 bits per heavy atom. The van der Waals surface area contributed by atoms with E-state index in [-0.39, 0.29) is 0 Å². The predicted molar refractivity (Wildman–Crippen MR) is 73.6 cm³/mol. The van der Waals surface area contributed by atoms with Gasteiger partial charge in [0.1, 0.15) is 0 Å². The average Bonchev–Trinajstić information content (AvgIpc) is 2.22. The summed E-state index contributed by atoms with van der Waals surface area (Å²) in [7, 11) is 0. The summed E-state index contributed by atoms with van der Waals surface area (Å²) >= 11 is 10.3. The lowest BCUT2D eigenvalue weighted by Crippen LogP contribution is -2.37. The van der Waals surface area contributed by atoms with Crippen molar-refractivity contribution in [1.29, 1.82) is 5.41 Å². The number of nitrogens with zero attached hydrogens (tertiary/aromatic N) is 1. The number of amides is 2. The fraction of sp³-hybridized carbons (Fsp3) is 0. The van der Waals surface area contributed by atoms with E-state index in [9.17, 15) is 4.79 Å². The molecular weight excluding hydrogens is 360 g/mol. The maximum atomic E-state index is 11.5. The van der Waals surface area contributed by atoms with Crippen LogP contribution in [0.15, 0.2) is 27.1 Å². The summed E-state index contributed by atoms with van der Waals surface area (Å²) in [6.45, 7) is 0. The molecule has 8 heteroatoms. The molecule has 0 fully saturated rings. The van der Waals surface area contributed by atoms with E-state index < -0.39 is 12.0 Å². The number of rotatable bonds is 1. The zero-order valence-corrected chi connectivity index (χ0v) is 11.9. The lowest BCUT2D eigenvalue weighted by atomic mass is 10.3. The highest BCUT2D eigenvalue weighted by molar-refractivity contribution is 9.11. The third-order valence-electron chi connectivity index (χ3n) is 1.62. The van der Waals surface area contributed by atoms with Gasteiger partial charge >= 0.3 is 6.03 Å². The van der Waals surface area contributed by atoms with Gasteiger partial charge in [0.2, 0.25) is 5.96 Å². The number of guanidine groups is 1. The molecule has 1 aromatic carbocycles. The lowest BCUT2D eigenvalue weighted by molar-refractivity contribution is 0.247.